The Balaban J connectivity index is 2.70. The maximum atomic E-state index is 11.6. The van der Waals surface area contributed by atoms with Crippen LogP contribution in [0.2, 0.25) is 0 Å². The highest BCUT2D eigenvalue weighted by atomic mass is 79.9. The van der Waals surface area contributed by atoms with E-state index in [1.54, 1.807) is 0 Å². The Bertz CT molecular complexity index is 630. The van der Waals surface area contributed by atoms with Crippen molar-refractivity contribution in [3.63, 3.8) is 0 Å². The molecule has 0 saturated carbocycles. The van der Waals surface area contributed by atoms with Crippen molar-refractivity contribution >= 4 is 43.5 Å². The Morgan fingerprint density at radius 1 is 1.35 bits per heavy atom. The molecule has 0 aliphatic carbocycles. The van der Waals surface area contributed by atoms with E-state index < -0.39 is 21.8 Å². The van der Waals surface area contributed by atoms with E-state index in [1.165, 1.54) is 18.2 Å². The number of carbonyl (C=O) groups excluding carboxylic acids is 1. The maximum absolute atomic E-state index is 11.6. The van der Waals surface area contributed by atoms with E-state index in [4.69, 9.17) is 5.11 Å². The SMILES string of the molecule is CS(=O)(=O)CCNC(=O)Nc1cc(Br)ccc1C(=O)O. The lowest BCUT2D eigenvalue weighted by Gasteiger charge is -2.10. The third-order valence-corrected chi connectivity index (χ3v) is 3.66. The summed E-state index contributed by atoms with van der Waals surface area (Å²) >= 11 is 3.17. The number of benzene rings is 1. The predicted octanol–water partition coefficient (Wildman–Crippen LogP) is 1.31. The minimum absolute atomic E-state index is 0.0545. The first-order valence-electron chi connectivity index (χ1n) is 5.44. The van der Waals surface area contributed by atoms with Crippen molar-refractivity contribution in [2.75, 3.05) is 23.9 Å². The molecule has 0 bridgehead atoms. The Hall–Kier alpha value is -1.61. The molecule has 3 N–H and O–H groups in total. The van der Waals surface area contributed by atoms with Crippen LogP contribution < -0.4 is 10.6 Å². The van der Waals surface area contributed by atoms with Crippen LogP contribution in [0.3, 0.4) is 0 Å². The highest BCUT2D eigenvalue weighted by molar-refractivity contribution is 9.10. The standard InChI is InChI=1S/C11H13BrN2O5S/c1-20(18,19)5-4-13-11(17)14-9-6-7(12)2-3-8(9)10(15)16/h2-3,6H,4-5H2,1H3,(H,15,16)(H2,13,14,17). The monoisotopic (exact) mass is 364 g/mol. The highest BCUT2D eigenvalue weighted by Gasteiger charge is 2.13. The van der Waals surface area contributed by atoms with Crippen molar-refractivity contribution in [1.29, 1.82) is 0 Å². The van der Waals surface area contributed by atoms with Gasteiger partial charge in [-0.1, -0.05) is 15.9 Å². The molecule has 0 aliphatic rings. The zero-order chi connectivity index (χ0) is 15.3. The van der Waals surface area contributed by atoms with Crippen LogP contribution in [0, 0.1) is 0 Å². The number of hydrogen-bond donors (Lipinski definition) is 3. The van der Waals surface area contributed by atoms with Crippen LogP contribution in [0.1, 0.15) is 10.4 Å². The van der Waals surface area contributed by atoms with E-state index in [0.717, 1.165) is 6.26 Å². The lowest BCUT2D eigenvalue weighted by molar-refractivity contribution is 0.0698. The summed E-state index contributed by atoms with van der Waals surface area (Å²) < 4.78 is 22.4. The molecule has 1 rings (SSSR count). The zero-order valence-corrected chi connectivity index (χ0v) is 12.9. The number of carboxylic acid groups (broad SMARTS) is 1. The molecule has 0 spiro atoms. The molecule has 9 heteroatoms. The van der Waals surface area contributed by atoms with Gasteiger partial charge in [0.1, 0.15) is 9.84 Å². The summed E-state index contributed by atoms with van der Waals surface area (Å²) in [5.74, 6) is -1.37. The number of halogens is 1. The van der Waals surface area contributed by atoms with Crippen molar-refractivity contribution in [2.45, 2.75) is 0 Å². The van der Waals surface area contributed by atoms with Crippen LogP contribution in [-0.4, -0.2) is 44.1 Å². The van der Waals surface area contributed by atoms with Crippen molar-refractivity contribution in [3.8, 4) is 0 Å². The van der Waals surface area contributed by atoms with E-state index >= 15 is 0 Å². The molecule has 0 atom stereocenters. The second kappa shape index (κ2) is 6.71. The van der Waals surface area contributed by atoms with Gasteiger partial charge in [0.25, 0.3) is 0 Å². The van der Waals surface area contributed by atoms with Crippen LogP contribution >= 0.6 is 15.9 Å². The van der Waals surface area contributed by atoms with Crippen LogP contribution in [0.15, 0.2) is 22.7 Å². The predicted molar refractivity (Wildman–Crippen MR) is 77.8 cm³/mol. The van der Waals surface area contributed by atoms with Crippen LogP contribution in [0.4, 0.5) is 10.5 Å². The first kappa shape index (κ1) is 16.4. The largest absolute Gasteiger partial charge is 0.478 e. The van der Waals surface area contributed by atoms with E-state index in [0.29, 0.717) is 4.47 Å². The maximum Gasteiger partial charge on any atom is 0.337 e. The molecule has 0 aromatic heterocycles. The summed E-state index contributed by atoms with van der Waals surface area (Å²) in [5, 5.41) is 13.7. The van der Waals surface area contributed by atoms with Crippen molar-refractivity contribution in [1.82, 2.24) is 5.32 Å². The first-order valence-corrected chi connectivity index (χ1v) is 8.30. The van der Waals surface area contributed by atoms with Crippen molar-refractivity contribution in [3.05, 3.63) is 28.2 Å². The smallest absolute Gasteiger partial charge is 0.337 e. The van der Waals surface area contributed by atoms with Gasteiger partial charge in [0.15, 0.2) is 0 Å². The molecule has 0 aliphatic heterocycles. The molecule has 2 amide bonds. The molecule has 20 heavy (non-hydrogen) atoms. The van der Waals surface area contributed by atoms with Gasteiger partial charge < -0.3 is 15.7 Å². The number of rotatable bonds is 5. The number of urea groups is 1. The number of carbonyl (C=O) groups is 2. The first-order chi connectivity index (χ1) is 9.19. The summed E-state index contributed by atoms with van der Waals surface area (Å²) in [4.78, 5) is 22.6. The van der Waals surface area contributed by atoms with Gasteiger partial charge in [-0.05, 0) is 18.2 Å². The number of aromatic carboxylic acids is 1. The molecule has 1 aromatic rings. The molecule has 0 heterocycles. The average Bonchev–Trinajstić information content (AvgIpc) is 2.26. The number of carboxylic acids is 1. The van der Waals surface area contributed by atoms with E-state index in [2.05, 4.69) is 26.6 Å². The zero-order valence-electron chi connectivity index (χ0n) is 10.5. The Morgan fingerprint density at radius 3 is 2.55 bits per heavy atom. The number of hydrogen-bond acceptors (Lipinski definition) is 4. The molecule has 0 radical (unpaired) electrons. The Kier molecular flexibility index (Phi) is 5.52. The Morgan fingerprint density at radius 2 is 2.00 bits per heavy atom. The fraction of sp³-hybridized carbons (Fsp3) is 0.273. The molecule has 0 fully saturated rings. The van der Waals surface area contributed by atoms with Gasteiger partial charge in [-0.15, -0.1) is 0 Å². The number of sulfone groups is 1. The molecule has 110 valence electrons. The van der Waals surface area contributed by atoms with E-state index in [-0.39, 0.29) is 23.5 Å². The van der Waals surface area contributed by atoms with E-state index in [9.17, 15) is 18.0 Å². The summed E-state index contributed by atoms with van der Waals surface area (Å²) in [6.45, 7) is -0.0545. The normalized spacial score (nSPS) is 10.9. The van der Waals surface area contributed by atoms with Gasteiger partial charge in [0.2, 0.25) is 0 Å². The van der Waals surface area contributed by atoms with Crippen LogP contribution in [0.5, 0.6) is 0 Å². The quantitative estimate of drug-likeness (QED) is 0.728. The van der Waals surface area contributed by atoms with E-state index in [1.807, 2.05) is 0 Å². The van der Waals surface area contributed by atoms with Gasteiger partial charge in [-0.2, -0.15) is 0 Å². The summed E-state index contributed by atoms with van der Waals surface area (Å²) in [5.41, 5.74) is 0.0511. The minimum atomic E-state index is -3.17. The van der Waals surface area contributed by atoms with Crippen molar-refractivity contribution in [2.24, 2.45) is 0 Å². The van der Waals surface area contributed by atoms with Gasteiger partial charge in [0, 0.05) is 17.3 Å². The molecule has 7 nitrogen and oxygen atoms in total. The minimum Gasteiger partial charge on any atom is -0.478 e. The highest BCUT2D eigenvalue weighted by Crippen LogP contribution is 2.21. The fourth-order valence-electron chi connectivity index (χ4n) is 1.32. The van der Waals surface area contributed by atoms with Crippen molar-refractivity contribution < 1.29 is 23.1 Å². The summed E-state index contributed by atoms with van der Waals surface area (Å²) in [6, 6.07) is 3.66. The summed E-state index contributed by atoms with van der Waals surface area (Å²) in [6.07, 6.45) is 1.06. The van der Waals surface area contributed by atoms with Gasteiger partial charge >= 0.3 is 12.0 Å². The fourth-order valence-corrected chi connectivity index (χ4v) is 2.16. The molecular weight excluding hydrogens is 352 g/mol. The van der Waals surface area contributed by atoms with Gasteiger partial charge in [-0.3, -0.25) is 0 Å². The third kappa shape index (κ3) is 5.57. The lowest BCUT2D eigenvalue weighted by atomic mass is 10.2. The van der Waals surface area contributed by atoms with Crippen LogP contribution in [-0.2, 0) is 9.84 Å². The lowest BCUT2D eigenvalue weighted by Crippen LogP contribution is -2.33. The number of anilines is 1. The topological polar surface area (TPSA) is 113 Å². The molecule has 0 saturated heterocycles. The second-order valence-electron chi connectivity index (χ2n) is 4.01. The second-order valence-corrected chi connectivity index (χ2v) is 7.18. The van der Waals surface area contributed by atoms with Crippen LogP contribution in [0.25, 0.3) is 0 Å². The average molecular weight is 365 g/mol. The number of nitrogens with one attached hydrogen (secondary N) is 2. The third-order valence-electron chi connectivity index (χ3n) is 2.22. The summed E-state index contributed by atoms with van der Waals surface area (Å²) in [7, 11) is -3.17. The molecule has 1 aromatic carbocycles. The van der Waals surface area contributed by atoms with Gasteiger partial charge in [0.05, 0.1) is 17.0 Å². The molecular formula is C11H13BrN2O5S. The Labute approximate surface area is 124 Å². The molecule has 0 unspecified atom stereocenters. The number of amides is 2. The van der Waals surface area contributed by atoms with Gasteiger partial charge in [-0.25, -0.2) is 18.0 Å².